The minimum absolute atomic E-state index is 0. The fourth-order valence-electron chi connectivity index (χ4n) is 0.577. The van der Waals surface area contributed by atoms with Crippen molar-refractivity contribution in [1.29, 1.82) is 0 Å². The molecule has 2 heteroatoms. The van der Waals surface area contributed by atoms with Crippen molar-refractivity contribution in [2.45, 2.75) is 32.7 Å². The summed E-state index contributed by atoms with van der Waals surface area (Å²) in [5.41, 5.74) is 0. The molecule has 0 aliphatic carbocycles. The molecule has 0 saturated heterocycles. The molecule has 1 N–H and O–H groups in total. The molecule has 8 heavy (non-hydrogen) atoms. The summed E-state index contributed by atoms with van der Waals surface area (Å²) in [5, 5.41) is 3.17. The van der Waals surface area contributed by atoms with Gasteiger partial charge in [0.25, 0.3) is 0 Å². The Morgan fingerprint density at radius 3 is 2.12 bits per heavy atom. The van der Waals surface area contributed by atoms with E-state index in [1.165, 1.54) is 12.8 Å². The highest BCUT2D eigenvalue weighted by atomic mass is 35.5. The molecule has 1 atom stereocenters. The molecule has 0 rings (SSSR count). The first-order valence-corrected chi connectivity index (χ1v) is 2.98. The monoisotopic (exact) mass is 137 g/mol. The van der Waals surface area contributed by atoms with Crippen LogP contribution >= 0.6 is 12.4 Å². The number of rotatable bonds is 3. The van der Waals surface area contributed by atoms with Gasteiger partial charge in [-0.05, 0) is 20.4 Å². The van der Waals surface area contributed by atoms with Gasteiger partial charge in [-0.25, -0.2) is 0 Å². The van der Waals surface area contributed by atoms with E-state index in [0.717, 1.165) is 0 Å². The molecule has 0 aromatic rings. The largest absolute Gasteiger partial charge is 0.317 e. The maximum atomic E-state index is 3.17. The van der Waals surface area contributed by atoms with Gasteiger partial charge in [-0.1, -0.05) is 13.3 Å². The second kappa shape index (κ2) is 7.25. The predicted octanol–water partition coefficient (Wildman–Crippen LogP) is 1.82. The quantitative estimate of drug-likeness (QED) is 0.626. The molecule has 0 aliphatic heterocycles. The highest BCUT2D eigenvalue weighted by Crippen LogP contribution is 1.91. The summed E-state index contributed by atoms with van der Waals surface area (Å²) in [5.74, 6) is 0. The van der Waals surface area contributed by atoms with Crippen LogP contribution in [-0.4, -0.2) is 13.1 Å². The zero-order valence-corrected chi connectivity index (χ0v) is 6.72. The van der Waals surface area contributed by atoms with Gasteiger partial charge in [0.2, 0.25) is 0 Å². The second-order valence-electron chi connectivity index (χ2n) is 1.98. The van der Waals surface area contributed by atoms with Crippen LogP contribution in [0.3, 0.4) is 0 Å². The topological polar surface area (TPSA) is 12.0 Å². The summed E-state index contributed by atoms with van der Waals surface area (Å²) < 4.78 is 0. The van der Waals surface area contributed by atoms with Crippen LogP contribution in [0.4, 0.5) is 0 Å². The average molecular weight is 138 g/mol. The van der Waals surface area contributed by atoms with E-state index >= 15 is 0 Å². The van der Waals surface area contributed by atoms with Crippen LogP contribution in [0.25, 0.3) is 0 Å². The maximum absolute atomic E-state index is 3.17. The minimum atomic E-state index is 0. The van der Waals surface area contributed by atoms with Gasteiger partial charge in [-0.3, -0.25) is 0 Å². The van der Waals surface area contributed by atoms with Gasteiger partial charge in [0.15, 0.2) is 0 Å². The first kappa shape index (κ1) is 11.1. The Labute approximate surface area is 58.3 Å². The van der Waals surface area contributed by atoms with Crippen molar-refractivity contribution < 1.29 is 0 Å². The standard InChI is InChI=1S/C6H15N.ClH/c1-4-5-6(2)7-3;/h6-7H,4-5H2,1-3H3;1H. The van der Waals surface area contributed by atoms with Crippen molar-refractivity contribution in [2.75, 3.05) is 7.05 Å². The number of hydrogen-bond donors (Lipinski definition) is 1. The lowest BCUT2D eigenvalue weighted by molar-refractivity contribution is 0.557. The van der Waals surface area contributed by atoms with Crippen molar-refractivity contribution in [3.63, 3.8) is 0 Å². The molecule has 0 aliphatic rings. The molecule has 0 aromatic heterocycles. The highest BCUT2D eigenvalue weighted by Gasteiger charge is 1.91. The molecule has 52 valence electrons. The zero-order valence-electron chi connectivity index (χ0n) is 5.90. The molecule has 1 unspecified atom stereocenters. The lowest BCUT2D eigenvalue weighted by atomic mass is 10.2. The fourth-order valence-corrected chi connectivity index (χ4v) is 0.577. The molecular weight excluding hydrogens is 122 g/mol. The molecule has 0 bridgehead atoms. The minimum Gasteiger partial charge on any atom is -0.317 e. The summed E-state index contributed by atoms with van der Waals surface area (Å²) >= 11 is 0. The van der Waals surface area contributed by atoms with Crippen molar-refractivity contribution in [3.8, 4) is 0 Å². The van der Waals surface area contributed by atoms with E-state index in [4.69, 9.17) is 0 Å². The van der Waals surface area contributed by atoms with Crippen LogP contribution in [0.5, 0.6) is 0 Å². The average Bonchev–Trinajstić information content (AvgIpc) is 1.68. The number of nitrogens with one attached hydrogen (secondary N) is 1. The molecule has 0 amide bonds. The van der Waals surface area contributed by atoms with Crippen LogP contribution in [0.1, 0.15) is 26.7 Å². The first-order chi connectivity index (χ1) is 3.31. The summed E-state index contributed by atoms with van der Waals surface area (Å²) in [6, 6.07) is 0.699. The van der Waals surface area contributed by atoms with E-state index in [-0.39, 0.29) is 12.4 Å². The van der Waals surface area contributed by atoms with Crippen LogP contribution in [0.15, 0.2) is 0 Å². The zero-order chi connectivity index (χ0) is 5.70. The molecule has 0 fully saturated rings. The van der Waals surface area contributed by atoms with E-state index in [1.807, 2.05) is 7.05 Å². The summed E-state index contributed by atoms with van der Waals surface area (Å²) in [6.45, 7) is 4.40. The van der Waals surface area contributed by atoms with Crippen molar-refractivity contribution in [3.05, 3.63) is 0 Å². The normalized spacial score (nSPS) is 12.4. The smallest absolute Gasteiger partial charge is 0.00356 e. The van der Waals surface area contributed by atoms with Gasteiger partial charge in [0.05, 0.1) is 0 Å². The molecule has 0 spiro atoms. The molecule has 1 nitrogen and oxygen atoms in total. The van der Waals surface area contributed by atoms with Crippen LogP contribution in [0, 0.1) is 0 Å². The van der Waals surface area contributed by atoms with E-state index < -0.39 is 0 Å². The summed E-state index contributed by atoms with van der Waals surface area (Å²) in [4.78, 5) is 0. The van der Waals surface area contributed by atoms with Crippen LogP contribution < -0.4 is 5.32 Å². The van der Waals surface area contributed by atoms with Gasteiger partial charge < -0.3 is 5.32 Å². The Morgan fingerprint density at radius 2 is 2.00 bits per heavy atom. The number of hydrogen-bond acceptors (Lipinski definition) is 1. The third kappa shape index (κ3) is 6.25. The van der Waals surface area contributed by atoms with Gasteiger partial charge >= 0.3 is 0 Å². The SMILES string of the molecule is CCCC(C)NC.Cl. The van der Waals surface area contributed by atoms with E-state index in [9.17, 15) is 0 Å². The van der Waals surface area contributed by atoms with E-state index in [1.54, 1.807) is 0 Å². The Kier molecular flexibility index (Phi) is 10.1. The third-order valence-corrected chi connectivity index (χ3v) is 1.21. The molecule has 0 heterocycles. The summed E-state index contributed by atoms with van der Waals surface area (Å²) in [7, 11) is 2.00. The van der Waals surface area contributed by atoms with Crippen molar-refractivity contribution >= 4 is 12.4 Å². The Balaban J connectivity index is 0. The molecule has 0 saturated carbocycles. The van der Waals surface area contributed by atoms with Gasteiger partial charge in [0, 0.05) is 6.04 Å². The molecular formula is C6H16ClN. The maximum Gasteiger partial charge on any atom is 0.00356 e. The molecule has 0 radical (unpaired) electrons. The van der Waals surface area contributed by atoms with Gasteiger partial charge in [0.1, 0.15) is 0 Å². The number of halogens is 1. The fraction of sp³-hybridized carbons (Fsp3) is 1.00. The second-order valence-corrected chi connectivity index (χ2v) is 1.98. The highest BCUT2D eigenvalue weighted by molar-refractivity contribution is 5.85. The van der Waals surface area contributed by atoms with Crippen molar-refractivity contribution in [1.82, 2.24) is 5.32 Å². The predicted molar refractivity (Wildman–Crippen MR) is 40.7 cm³/mol. The lowest BCUT2D eigenvalue weighted by Gasteiger charge is -2.05. The van der Waals surface area contributed by atoms with E-state index in [2.05, 4.69) is 19.2 Å². The van der Waals surface area contributed by atoms with Crippen molar-refractivity contribution in [2.24, 2.45) is 0 Å². The summed E-state index contributed by atoms with van der Waals surface area (Å²) in [6.07, 6.45) is 2.57. The third-order valence-electron chi connectivity index (χ3n) is 1.21. The Hall–Kier alpha value is 0.250. The lowest BCUT2D eigenvalue weighted by Crippen LogP contribution is -2.20. The van der Waals surface area contributed by atoms with Gasteiger partial charge in [-0.2, -0.15) is 0 Å². The molecule has 0 aromatic carbocycles. The Morgan fingerprint density at radius 1 is 1.50 bits per heavy atom. The van der Waals surface area contributed by atoms with E-state index in [0.29, 0.717) is 6.04 Å². The van der Waals surface area contributed by atoms with Crippen LogP contribution in [0.2, 0.25) is 0 Å². The van der Waals surface area contributed by atoms with Crippen LogP contribution in [-0.2, 0) is 0 Å². The first-order valence-electron chi connectivity index (χ1n) is 2.98. The van der Waals surface area contributed by atoms with Gasteiger partial charge in [-0.15, -0.1) is 12.4 Å². The Bertz CT molecular complexity index is 39.5.